The summed E-state index contributed by atoms with van der Waals surface area (Å²) in [6, 6.07) is 11.9. The van der Waals surface area contributed by atoms with E-state index in [1.165, 1.54) is 24.3 Å². The highest BCUT2D eigenvalue weighted by atomic mass is 32.2. The summed E-state index contributed by atoms with van der Waals surface area (Å²) >= 11 is 0. The largest absolute Gasteiger partial charge is 0.485 e. The minimum atomic E-state index is -3.84. The Morgan fingerprint density at radius 2 is 1.93 bits per heavy atom. The predicted molar refractivity (Wildman–Crippen MR) is 98.1 cm³/mol. The van der Waals surface area contributed by atoms with Gasteiger partial charge in [-0.2, -0.15) is 0 Å². The molecular weight excluding hydrogens is 370 g/mol. The van der Waals surface area contributed by atoms with E-state index in [1.54, 1.807) is 0 Å². The molecule has 2 aromatic carbocycles. The van der Waals surface area contributed by atoms with Crippen LogP contribution in [0.4, 0.5) is 5.69 Å². The van der Waals surface area contributed by atoms with Crippen LogP contribution < -0.4 is 14.8 Å². The highest BCUT2D eigenvalue weighted by molar-refractivity contribution is 7.89. The Bertz CT molecular complexity index is 969. The second kappa shape index (κ2) is 6.59. The van der Waals surface area contributed by atoms with Gasteiger partial charge in [0.15, 0.2) is 0 Å². The Morgan fingerprint density at radius 1 is 1.19 bits per heavy atom. The van der Waals surface area contributed by atoms with Crippen LogP contribution in [0.2, 0.25) is 0 Å². The number of nitrogens with zero attached hydrogens (tertiary/aromatic N) is 1. The van der Waals surface area contributed by atoms with Crippen LogP contribution in [0, 0.1) is 10.1 Å². The molecule has 9 heteroatoms. The van der Waals surface area contributed by atoms with Crippen LogP contribution in [0.1, 0.15) is 24.4 Å². The van der Waals surface area contributed by atoms with Crippen molar-refractivity contribution in [1.82, 2.24) is 10.0 Å². The molecule has 0 saturated carbocycles. The van der Waals surface area contributed by atoms with E-state index in [1.807, 2.05) is 24.3 Å². The molecule has 2 N–H and O–H groups in total. The van der Waals surface area contributed by atoms with E-state index in [2.05, 4.69) is 10.0 Å². The van der Waals surface area contributed by atoms with Crippen molar-refractivity contribution < 1.29 is 18.1 Å². The first-order valence-corrected chi connectivity index (χ1v) is 10.1. The van der Waals surface area contributed by atoms with E-state index in [4.69, 9.17) is 4.74 Å². The SMILES string of the molecule is O=[N+]([O-])c1ccc(S(=O)(=O)NC2CC3(CCNC3)Oc3ccccc32)cc1. The molecule has 2 heterocycles. The molecule has 27 heavy (non-hydrogen) atoms. The third kappa shape index (κ3) is 3.41. The number of benzene rings is 2. The van der Waals surface area contributed by atoms with E-state index in [-0.39, 0.29) is 10.6 Å². The Labute approximate surface area is 156 Å². The van der Waals surface area contributed by atoms with Crippen molar-refractivity contribution in [2.45, 2.75) is 29.4 Å². The molecule has 2 aromatic rings. The molecule has 0 bridgehead atoms. The molecule has 0 aromatic heterocycles. The monoisotopic (exact) mass is 389 g/mol. The van der Waals surface area contributed by atoms with Gasteiger partial charge in [0.25, 0.3) is 5.69 Å². The molecular formula is C18H19N3O5S. The number of nitro groups is 1. The third-order valence-electron chi connectivity index (χ3n) is 5.06. The van der Waals surface area contributed by atoms with Crippen molar-refractivity contribution in [3.8, 4) is 5.75 Å². The highest BCUT2D eigenvalue weighted by Crippen LogP contribution is 2.42. The molecule has 8 nitrogen and oxygen atoms in total. The van der Waals surface area contributed by atoms with Crippen LogP contribution in [0.15, 0.2) is 53.4 Å². The number of sulfonamides is 1. The van der Waals surface area contributed by atoms with Crippen molar-refractivity contribution in [3.05, 3.63) is 64.2 Å². The van der Waals surface area contributed by atoms with Crippen molar-refractivity contribution in [3.63, 3.8) is 0 Å². The van der Waals surface area contributed by atoms with Crippen LogP contribution in [-0.2, 0) is 10.0 Å². The van der Waals surface area contributed by atoms with Gasteiger partial charge in [-0.3, -0.25) is 10.1 Å². The van der Waals surface area contributed by atoms with Gasteiger partial charge in [0, 0.05) is 37.1 Å². The van der Waals surface area contributed by atoms with E-state index < -0.39 is 26.6 Å². The standard InChI is InChI=1S/C18H19N3O5S/c22-21(23)13-5-7-14(8-6-13)27(24,25)20-16-11-18(9-10-19-12-18)26-17-4-2-1-3-15(16)17/h1-8,16,19-20H,9-12H2. The molecule has 1 saturated heterocycles. The first kappa shape index (κ1) is 17.9. The first-order valence-electron chi connectivity index (χ1n) is 8.64. The second-order valence-electron chi connectivity index (χ2n) is 6.88. The zero-order chi connectivity index (χ0) is 19.1. The Kier molecular flexibility index (Phi) is 4.37. The number of nitro benzene ring substituents is 1. The average molecular weight is 389 g/mol. The topological polar surface area (TPSA) is 111 Å². The van der Waals surface area contributed by atoms with E-state index in [0.717, 1.165) is 18.5 Å². The number of nitrogens with one attached hydrogen (secondary N) is 2. The van der Waals surface area contributed by atoms with E-state index >= 15 is 0 Å². The normalized spacial score (nSPS) is 24.4. The third-order valence-corrected chi connectivity index (χ3v) is 6.54. The zero-order valence-corrected chi connectivity index (χ0v) is 15.2. The maximum atomic E-state index is 12.9. The van der Waals surface area contributed by atoms with E-state index in [9.17, 15) is 18.5 Å². The van der Waals surface area contributed by atoms with Gasteiger partial charge in [-0.15, -0.1) is 0 Å². The minimum absolute atomic E-state index is 0.00401. The van der Waals surface area contributed by atoms with Gasteiger partial charge in [-0.1, -0.05) is 18.2 Å². The maximum Gasteiger partial charge on any atom is 0.269 e. The van der Waals surface area contributed by atoms with Crippen LogP contribution in [0.5, 0.6) is 5.75 Å². The van der Waals surface area contributed by atoms with Crippen molar-refractivity contribution in [2.24, 2.45) is 0 Å². The van der Waals surface area contributed by atoms with Gasteiger partial charge >= 0.3 is 0 Å². The Morgan fingerprint density at radius 3 is 2.59 bits per heavy atom. The lowest BCUT2D eigenvalue weighted by Gasteiger charge is -2.39. The zero-order valence-electron chi connectivity index (χ0n) is 14.4. The number of hydrogen-bond acceptors (Lipinski definition) is 6. The number of hydrogen-bond donors (Lipinski definition) is 2. The number of non-ortho nitro benzene ring substituents is 1. The maximum absolute atomic E-state index is 12.9. The van der Waals surface area contributed by atoms with Crippen LogP contribution in [-0.4, -0.2) is 32.0 Å². The summed E-state index contributed by atoms with van der Waals surface area (Å²) < 4.78 is 34.7. The molecule has 2 atom stereocenters. The fraction of sp³-hybridized carbons (Fsp3) is 0.333. The van der Waals surface area contributed by atoms with Gasteiger partial charge in [-0.05, 0) is 24.7 Å². The molecule has 4 rings (SSSR count). The summed E-state index contributed by atoms with van der Waals surface area (Å²) in [6.45, 7) is 1.49. The highest BCUT2D eigenvalue weighted by Gasteiger charge is 2.44. The number of fused-ring (bicyclic) bond motifs is 1. The molecule has 0 aliphatic carbocycles. The summed E-state index contributed by atoms with van der Waals surface area (Å²) in [5.41, 5.74) is 0.207. The summed E-state index contributed by atoms with van der Waals surface area (Å²) in [7, 11) is -3.84. The van der Waals surface area contributed by atoms with Crippen LogP contribution >= 0.6 is 0 Å². The lowest BCUT2D eigenvalue weighted by Crippen LogP contribution is -2.46. The number of ether oxygens (including phenoxy) is 1. The number of rotatable bonds is 4. The molecule has 1 fully saturated rings. The second-order valence-corrected chi connectivity index (χ2v) is 8.59. The van der Waals surface area contributed by atoms with Gasteiger partial charge in [0.05, 0.1) is 15.9 Å². The molecule has 142 valence electrons. The van der Waals surface area contributed by atoms with Gasteiger partial charge in [0.1, 0.15) is 11.4 Å². The van der Waals surface area contributed by atoms with Gasteiger partial charge in [-0.25, -0.2) is 13.1 Å². The quantitative estimate of drug-likeness (QED) is 0.612. The molecule has 1 spiro atoms. The summed E-state index contributed by atoms with van der Waals surface area (Å²) in [5, 5.41) is 14.1. The molecule has 0 radical (unpaired) electrons. The fourth-order valence-electron chi connectivity index (χ4n) is 3.71. The van der Waals surface area contributed by atoms with Crippen LogP contribution in [0.3, 0.4) is 0 Å². The summed E-state index contributed by atoms with van der Waals surface area (Å²) in [5.74, 6) is 0.684. The van der Waals surface area contributed by atoms with Gasteiger partial charge in [0.2, 0.25) is 10.0 Å². The Hall–Kier alpha value is -2.49. The fourth-order valence-corrected chi connectivity index (χ4v) is 4.92. The smallest absolute Gasteiger partial charge is 0.269 e. The minimum Gasteiger partial charge on any atom is -0.485 e. The molecule has 0 amide bonds. The number of para-hydroxylation sites is 1. The lowest BCUT2D eigenvalue weighted by molar-refractivity contribution is -0.384. The van der Waals surface area contributed by atoms with Crippen LogP contribution in [0.25, 0.3) is 0 Å². The van der Waals surface area contributed by atoms with Crippen molar-refractivity contribution >= 4 is 15.7 Å². The summed E-state index contributed by atoms with van der Waals surface area (Å²) in [6.07, 6.45) is 1.32. The molecule has 2 aliphatic rings. The molecule has 2 unspecified atom stereocenters. The average Bonchev–Trinajstić information content (AvgIpc) is 3.09. The lowest BCUT2D eigenvalue weighted by atomic mass is 9.87. The van der Waals surface area contributed by atoms with Crippen molar-refractivity contribution in [2.75, 3.05) is 13.1 Å². The van der Waals surface area contributed by atoms with Crippen molar-refractivity contribution in [1.29, 1.82) is 0 Å². The van der Waals surface area contributed by atoms with E-state index in [0.29, 0.717) is 18.7 Å². The predicted octanol–water partition coefficient (Wildman–Crippen LogP) is 2.13. The molecule has 2 aliphatic heterocycles. The summed E-state index contributed by atoms with van der Waals surface area (Å²) in [4.78, 5) is 10.2. The van der Waals surface area contributed by atoms with Gasteiger partial charge < -0.3 is 10.1 Å². The Balaban J connectivity index is 1.64. The first-order chi connectivity index (χ1) is 12.9.